The highest BCUT2D eigenvalue weighted by molar-refractivity contribution is 7.09. The number of nitrogens with two attached hydrogens (primary N) is 1. The normalized spacial score (nSPS) is 14.6. The van der Waals surface area contributed by atoms with E-state index in [0.717, 1.165) is 17.2 Å². The number of thiazole rings is 1. The molecule has 0 aliphatic heterocycles. The lowest BCUT2D eigenvalue weighted by Crippen LogP contribution is -2.52. The molecule has 1 aromatic heterocycles. The minimum Gasteiger partial charge on any atom is -0.329 e. The van der Waals surface area contributed by atoms with Crippen LogP contribution in [0.2, 0.25) is 0 Å². The topological polar surface area (TPSA) is 50.9 Å². The molecule has 1 aromatic rings. The maximum Gasteiger partial charge on any atom is 0.0897 e. The summed E-state index contributed by atoms with van der Waals surface area (Å²) in [7, 11) is 0. The van der Waals surface area contributed by atoms with Gasteiger partial charge in [-0.1, -0.05) is 13.8 Å². The fourth-order valence-electron chi connectivity index (χ4n) is 1.29. The molecule has 0 spiro atoms. The van der Waals surface area contributed by atoms with Crippen molar-refractivity contribution in [3.8, 4) is 0 Å². The molecule has 0 aromatic carbocycles. The van der Waals surface area contributed by atoms with Crippen molar-refractivity contribution in [2.75, 3.05) is 6.54 Å². The Morgan fingerprint density at radius 2 is 2.19 bits per heavy atom. The van der Waals surface area contributed by atoms with E-state index in [1.54, 1.807) is 11.3 Å². The first kappa shape index (κ1) is 15.8. The number of aromatic nitrogens is 1. The highest BCUT2D eigenvalue weighted by Crippen LogP contribution is 2.16. The smallest absolute Gasteiger partial charge is 0.0897 e. The van der Waals surface area contributed by atoms with E-state index in [9.17, 15) is 0 Å². The lowest BCUT2D eigenvalue weighted by molar-refractivity contribution is 0.266. The third-order valence-corrected chi connectivity index (χ3v) is 3.86. The number of hydrogen-bond acceptors (Lipinski definition) is 4. The number of nitrogens with zero attached hydrogens (tertiary/aromatic N) is 1. The molecular formula is C11H22ClN3S. The molecular weight excluding hydrogens is 242 g/mol. The molecule has 1 rings (SSSR count). The van der Waals surface area contributed by atoms with Crippen molar-refractivity contribution in [1.82, 2.24) is 10.3 Å². The number of hydrogen-bond donors (Lipinski definition) is 2. The van der Waals surface area contributed by atoms with Crippen LogP contribution in [0.5, 0.6) is 0 Å². The highest BCUT2D eigenvalue weighted by atomic mass is 35.5. The first-order valence-corrected chi connectivity index (χ1v) is 6.22. The Labute approximate surface area is 108 Å². The van der Waals surface area contributed by atoms with Crippen LogP contribution < -0.4 is 11.1 Å². The van der Waals surface area contributed by atoms with Gasteiger partial charge in [-0.25, -0.2) is 4.98 Å². The van der Waals surface area contributed by atoms with E-state index in [1.807, 2.05) is 6.92 Å². The Kier molecular flexibility index (Phi) is 6.48. The Morgan fingerprint density at radius 1 is 1.56 bits per heavy atom. The fourth-order valence-corrected chi connectivity index (χ4v) is 1.91. The number of aryl methyl sites for hydroxylation is 1. The molecule has 0 aliphatic carbocycles. The Balaban J connectivity index is 0.00000225. The molecule has 0 fully saturated rings. The lowest BCUT2D eigenvalue weighted by atomic mass is 9.88. The van der Waals surface area contributed by atoms with Gasteiger partial charge in [-0.2, -0.15) is 0 Å². The second-order valence-electron chi connectivity index (χ2n) is 4.49. The van der Waals surface area contributed by atoms with E-state index in [4.69, 9.17) is 5.73 Å². The minimum atomic E-state index is -0.00246. The fraction of sp³-hybridized carbons (Fsp3) is 0.727. The largest absolute Gasteiger partial charge is 0.329 e. The van der Waals surface area contributed by atoms with Gasteiger partial charge in [0.15, 0.2) is 0 Å². The summed E-state index contributed by atoms with van der Waals surface area (Å²) in [4.78, 5) is 4.42. The molecule has 0 amide bonds. The summed E-state index contributed by atoms with van der Waals surface area (Å²) < 4.78 is 0. The molecule has 0 saturated heterocycles. The maximum absolute atomic E-state index is 5.80. The molecule has 0 bridgehead atoms. The third-order valence-electron chi connectivity index (χ3n) is 3.04. The monoisotopic (exact) mass is 263 g/mol. The average Bonchev–Trinajstić information content (AvgIpc) is 2.60. The molecule has 3 N–H and O–H groups in total. The van der Waals surface area contributed by atoms with E-state index in [0.29, 0.717) is 12.5 Å². The summed E-state index contributed by atoms with van der Waals surface area (Å²) in [6.07, 6.45) is 0. The SMILES string of the molecule is Cc1nc(CNC(C)(CN)C(C)C)cs1.Cl. The van der Waals surface area contributed by atoms with Gasteiger partial charge < -0.3 is 11.1 Å². The van der Waals surface area contributed by atoms with Gasteiger partial charge in [0.25, 0.3) is 0 Å². The van der Waals surface area contributed by atoms with Crippen LogP contribution in [0.4, 0.5) is 0 Å². The number of nitrogens with one attached hydrogen (secondary N) is 1. The summed E-state index contributed by atoms with van der Waals surface area (Å²) in [6.45, 7) is 10.0. The van der Waals surface area contributed by atoms with Crippen molar-refractivity contribution in [1.29, 1.82) is 0 Å². The van der Waals surface area contributed by atoms with Crippen LogP contribution in [0.25, 0.3) is 0 Å². The van der Waals surface area contributed by atoms with Gasteiger partial charge in [0.05, 0.1) is 10.7 Å². The summed E-state index contributed by atoms with van der Waals surface area (Å²) in [6, 6.07) is 0. The first-order chi connectivity index (χ1) is 6.98. The van der Waals surface area contributed by atoms with Crippen LogP contribution >= 0.6 is 23.7 Å². The van der Waals surface area contributed by atoms with Gasteiger partial charge in [0.1, 0.15) is 0 Å². The van der Waals surface area contributed by atoms with Crippen molar-refractivity contribution < 1.29 is 0 Å². The Morgan fingerprint density at radius 3 is 2.56 bits per heavy atom. The highest BCUT2D eigenvalue weighted by Gasteiger charge is 2.25. The summed E-state index contributed by atoms with van der Waals surface area (Å²) in [5.41, 5.74) is 6.90. The van der Waals surface area contributed by atoms with Crippen LogP contribution in [0.15, 0.2) is 5.38 Å². The Hall–Kier alpha value is -0.160. The van der Waals surface area contributed by atoms with Crippen LogP contribution in [-0.2, 0) is 6.54 Å². The predicted molar refractivity (Wildman–Crippen MR) is 73.2 cm³/mol. The van der Waals surface area contributed by atoms with Crippen molar-refractivity contribution in [3.05, 3.63) is 16.1 Å². The van der Waals surface area contributed by atoms with Gasteiger partial charge in [0, 0.05) is 24.0 Å². The van der Waals surface area contributed by atoms with E-state index in [-0.39, 0.29) is 17.9 Å². The van der Waals surface area contributed by atoms with E-state index in [1.165, 1.54) is 0 Å². The van der Waals surface area contributed by atoms with Gasteiger partial charge in [-0.05, 0) is 19.8 Å². The summed E-state index contributed by atoms with van der Waals surface area (Å²) in [5, 5.41) is 6.71. The number of halogens is 1. The van der Waals surface area contributed by atoms with Gasteiger partial charge in [-0.15, -0.1) is 23.7 Å². The van der Waals surface area contributed by atoms with Gasteiger partial charge >= 0.3 is 0 Å². The van der Waals surface area contributed by atoms with Crippen molar-refractivity contribution >= 4 is 23.7 Å². The lowest BCUT2D eigenvalue weighted by Gasteiger charge is -2.33. The number of rotatable bonds is 5. The van der Waals surface area contributed by atoms with E-state index >= 15 is 0 Å². The zero-order valence-electron chi connectivity index (χ0n) is 10.4. The summed E-state index contributed by atoms with van der Waals surface area (Å²) in [5.74, 6) is 0.516. The van der Waals surface area contributed by atoms with Gasteiger partial charge in [-0.3, -0.25) is 0 Å². The van der Waals surface area contributed by atoms with Crippen molar-refractivity contribution in [2.24, 2.45) is 11.7 Å². The molecule has 1 atom stereocenters. The quantitative estimate of drug-likeness (QED) is 0.857. The van der Waals surface area contributed by atoms with E-state index in [2.05, 4.69) is 36.5 Å². The molecule has 1 heterocycles. The molecule has 0 aliphatic rings. The molecule has 0 saturated carbocycles. The zero-order chi connectivity index (χ0) is 11.5. The van der Waals surface area contributed by atoms with Crippen molar-refractivity contribution in [2.45, 2.75) is 39.8 Å². The second-order valence-corrected chi connectivity index (χ2v) is 5.55. The molecule has 3 nitrogen and oxygen atoms in total. The first-order valence-electron chi connectivity index (χ1n) is 5.34. The second kappa shape index (κ2) is 6.55. The van der Waals surface area contributed by atoms with E-state index < -0.39 is 0 Å². The predicted octanol–water partition coefficient (Wildman–Crippen LogP) is 2.34. The van der Waals surface area contributed by atoms with Crippen LogP contribution in [0, 0.1) is 12.8 Å². The average molecular weight is 264 g/mol. The molecule has 5 heteroatoms. The van der Waals surface area contributed by atoms with Crippen LogP contribution in [0.1, 0.15) is 31.5 Å². The molecule has 1 unspecified atom stereocenters. The van der Waals surface area contributed by atoms with Crippen LogP contribution in [-0.4, -0.2) is 17.1 Å². The molecule has 94 valence electrons. The maximum atomic E-state index is 5.80. The standard InChI is InChI=1S/C11H21N3S.ClH/c1-8(2)11(4,7-12)13-5-10-6-15-9(3)14-10;/h6,8,13H,5,7,12H2,1-4H3;1H. The zero-order valence-corrected chi connectivity index (χ0v) is 12.0. The Bertz CT molecular complexity index is 314. The van der Waals surface area contributed by atoms with Crippen LogP contribution in [0.3, 0.4) is 0 Å². The van der Waals surface area contributed by atoms with Crippen molar-refractivity contribution in [3.63, 3.8) is 0 Å². The third kappa shape index (κ3) is 4.01. The molecule has 0 radical (unpaired) electrons. The minimum absolute atomic E-state index is 0. The van der Waals surface area contributed by atoms with Gasteiger partial charge in [0.2, 0.25) is 0 Å². The molecule has 16 heavy (non-hydrogen) atoms. The summed E-state index contributed by atoms with van der Waals surface area (Å²) >= 11 is 1.69.